The third-order valence-electron chi connectivity index (χ3n) is 6.65. The van der Waals surface area contributed by atoms with Gasteiger partial charge in [0.25, 0.3) is 0 Å². The summed E-state index contributed by atoms with van der Waals surface area (Å²) in [7, 11) is 0. The van der Waals surface area contributed by atoms with E-state index in [1.807, 2.05) is 36.4 Å². The fourth-order valence-electron chi connectivity index (χ4n) is 4.77. The number of carbonyl (C=O) groups excluding carboxylic acids is 2. The van der Waals surface area contributed by atoms with Crippen molar-refractivity contribution in [2.45, 2.75) is 84.5 Å². The van der Waals surface area contributed by atoms with Gasteiger partial charge in [0.2, 0.25) is 5.91 Å². The quantitative estimate of drug-likeness (QED) is 0.370. The highest BCUT2D eigenvalue weighted by molar-refractivity contribution is 5.89. The molecule has 2 rings (SSSR count). The Bertz CT molecular complexity index is 1140. The van der Waals surface area contributed by atoms with Crippen LogP contribution >= 0.6 is 0 Å². The zero-order valence-corrected chi connectivity index (χ0v) is 23.6. The Kier molecular flexibility index (Phi) is 10.3. The number of rotatable bonds is 11. The molecule has 39 heavy (non-hydrogen) atoms. The second-order valence-electron chi connectivity index (χ2n) is 11.6. The molecule has 9 heteroatoms. The summed E-state index contributed by atoms with van der Waals surface area (Å²) in [4.78, 5) is 52.5. The Morgan fingerprint density at radius 2 is 1.36 bits per heavy atom. The van der Waals surface area contributed by atoms with Crippen LogP contribution in [0.15, 0.2) is 60.7 Å². The third kappa shape index (κ3) is 8.05. The smallest absolute Gasteiger partial charge is 0.408 e. The van der Waals surface area contributed by atoms with E-state index in [9.17, 15) is 29.4 Å². The van der Waals surface area contributed by atoms with Gasteiger partial charge in [0.05, 0.1) is 0 Å². The number of nitrogens with one attached hydrogen (secondary N) is 1. The van der Waals surface area contributed by atoms with Gasteiger partial charge in [0.15, 0.2) is 0 Å². The van der Waals surface area contributed by atoms with Crippen molar-refractivity contribution in [1.29, 1.82) is 0 Å². The summed E-state index contributed by atoms with van der Waals surface area (Å²) in [5, 5.41) is 22.7. The van der Waals surface area contributed by atoms with Crippen LogP contribution in [-0.4, -0.2) is 56.2 Å². The summed E-state index contributed by atoms with van der Waals surface area (Å²) in [5.74, 6) is -3.01. The van der Waals surface area contributed by atoms with Crippen LogP contribution in [0.2, 0.25) is 0 Å². The van der Waals surface area contributed by atoms with Crippen LogP contribution in [0.25, 0.3) is 0 Å². The highest BCUT2D eigenvalue weighted by Crippen LogP contribution is 2.43. The minimum Gasteiger partial charge on any atom is -0.480 e. The van der Waals surface area contributed by atoms with E-state index in [1.165, 1.54) is 4.90 Å². The molecule has 0 aromatic heterocycles. The standard InChI is InChI=1S/C30H40N2O7/c1-28(2,3)30(26(36)37,19-21-13-9-7-10-14-21)32(29(4,5)6)24(33)18-17-23(25(34)35)31-27(38)39-20-22-15-11-8-12-16-22/h7-16,23H,17-20H2,1-6H3,(H,31,38)(H,34,35)(H,36,37)/t23-,30+/m0/s1. The van der Waals surface area contributed by atoms with Gasteiger partial charge < -0.3 is 25.2 Å². The molecule has 0 saturated carbocycles. The molecule has 212 valence electrons. The number of ether oxygens (including phenoxy) is 1. The summed E-state index contributed by atoms with van der Waals surface area (Å²) >= 11 is 0. The maximum absolute atomic E-state index is 13.8. The van der Waals surface area contributed by atoms with E-state index in [0.717, 1.165) is 11.1 Å². The predicted octanol–water partition coefficient (Wildman–Crippen LogP) is 4.89. The SMILES string of the molecule is CC(C)(C)N(C(=O)CC[C@H](NC(=O)OCc1ccccc1)C(=O)O)[C@](Cc1ccccc1)(C(=O)O)C(C)(C)C. The van der Waals surface area contributed by atoms with Gasteiger partial charge in [-0.15, -0.1) is 0 Å². The Balaban J connectivity index is 2.29. The van der Waals surface area contributed by atoms with Crippen molar-refractivity contribution in [1.82, 2.24) is 10.2 Å². The van der Waals surface area contributed by atoms with Crippen LogP contribution in [0.4, 0.5) is 4.79 Å². The van der Waals surface area contributed by atoms with E-state index < -0.39 is 46.5 Å². The van der Waals surface area contributed by atoms with Crippen molar-refractivity contribution in [3.63, 3.8) is 0 Å². The molecule has 0 bridgehead atoms. The van der Waals surface area contributed by atoms with Crippen molar-refractivity contribution in [2.75, 3.05) is 0 Å². The Morgan fingerprint density at radius 3 is 1.79 bits per heavy atom. The van der Waals surface area contributed by atoms with Gasteiger partial charge in [-0.25, -0.2) is 14.4 Å². The molecule has 0 heterocycles. The molecule has 3 N–H and O–H groups in total. The van der Waals surface area contributed by atoms with Crippen LogP contribution in [0, 0.1) is 5.41 Å². The van der Waals surface area contributed by atoms with Gasteiger partial charge in [0.1, 0.15) is 18.2 Å². The number of alkyl carbamates (subject to hydrolysis) is 1. The third-order valence-corrected chi connectivity index (χ3v) is 6.65. The fraction of sp³-hybridized carbons (Fsp3) is 0.467. The largest absolute Gasteiger partial charge is 0.480 e. The number of aliphatic carboxylic acids is 2. The van der Waals surface area contributed by atoms with Gasteiger partial charge in [-0.1, -0.05) is 81.4 Å². The van der Waals surface area contributed by atoms with Crippen molar-refractivity contribution < 1.29 is 34.1 Å². The minimum atomic E-state index is -1.65. The fourth-order valence-corrected chi connectivity index (χ4v) is 4.77. The summed E-state index contributed by atoms with van der Waals surface area (Å²) < 4.78 is 5.13. The van der Waals surface area contributed by atoms with Crippen LogP contribution in [0.1, 0.15) is 65.5 Å². The van der Waals surface area contributed by atoms with Gasteiger partial charge in [-0.3, -0.25) is 4.79 Å². The van der Waals surface area contributed by atoms with Crippen molar-refractivity contribution >= 4 is 23.9 Å². The van der Waals surface area contributed by atoms with E-state index in [0.29, 0.717) is 0 Å². The van der Waals surface area contributed by atoms with Gasteiger partial charge in [-0.2, -0.15) is 0 Å². The van der Waals surface area contributed by atoms with Gasteiger partial charge in [-0.05, 0) is 43.7 Å². The molecule has 0 unspecified atom stereocenters. The molecule has 2 amide bonds. The lowest BCUT2D eigenvalue weighted by molar-refractivity contribution is -0.177. The second kappa shape index (κ2) is 12.8. The summed E-state index contributed by atoms with van der Waals surface area (Å²) in [6.45, 7) is 10.6. The molecule has 0 aliphatic carbocycles. The molecular formula is C30H40N2O7. The number of hydrogen-bond donors (Lipinski definition) is 3. The van der Waals surface area contributed by atoms with Gasteiger partial charge >= 0.3 is 18.0 Å². The molecule has 0 aliphatic heterocycles. The van der Waals surface area contributed by atoms with E-state index in [-0.39, 0.29) is 25.9 Å². The van der Waals surface area contributed by atoms with Crippen molar-refractivity contribution in [3.05, 3.63) is 71.8 Å². The zero-order valence-electron chi connectivity index (χ0n) is 23.6. The van der Waals surface area contributed by atoms with Crippen LogP contribution < -0.4 is 5.32 Å². The average Bonchev–Trinajstić information content (AvgIpc) is 2.84. The maximum Gasteiger partial charge on any atom is 0.408 e. The number of carbonyl (C=O) groups is 4. The number of carboxylic acids is 2. The topological polar surface area (TPSA) is 133 Å². The maximum atomic E-state index is 13.8. The molecule has 2 aromatic rings. The molecular weight excluding hydrogens is 500 g/mol. The summed E-state index contributed by atoms with van der Waals surface area (Å²) in [6, 6.07) is 16.6. The monoisotopic (exact) mass is 540 g/mol. The second-order valence-corrected chi connectivity index (χ2v) is 11.6. The zero-order chi connectivity index (χ0) is 29.4. The lowest BCUT2D eigenvalue weighted by atomic mass is 9.67. The highest BCUT2D eigenvalue weighted by atomic mass is 16.5. The molecule has 0 aliphatic rings. The van der Waals surface area contributed by atoms with Crippen molar-refractivity contribution in [3.8, 4) is 0 Å². The normalized spacial score (nSPS) is 14.0. The molecule has 0 fully saturated rings. The van der Waals surface area contributed by atoms with Crippen molar-refractivity contribution in [2.24, 2.45) is 5.41 Å². The summed E-state index contributed by atoms with van der Waals surface area (Å²) in [5.41, 5.74) is -1.98. The lowest BCUT2D eigenvalue weighted by Crippen LogP contribution is -2.70. The molecule has 0 spiro atoms. The molecule has 2 aromatic carbocycles. The van der Waals surface area contributed by atoms with Crippen LogP contribution in [0.3, 0.4) is 0 Å². The molecule has 0 saturated heterocycles. The number of carboxylic acid groups (broad SMARTS) is 2. The number of amides is 2. The van der Waals surface area contributed by atoms with E-state index >= 15 is 0 Å². The summed E-state index contributed by atoms with van der Waals surface area (Å²) in [6.07, 6.45) is -1.41. The van der Waals surface area contributed by atoms with Crippen LogP contribution in [-0.2, 0) is 32.1 Å². The molecule has 0 radical (unpaired) electrons. The number of benzene rings is 2. The first-order valence-electron chi connectivity index (χ1n) is 12.9. The highest BCUT2D eigenvalue weighted by Gasteiger charge is 2.57. The number of hydrogen-bond acceptors (Lipinski definition) is 5. The average molecular weight is 541 g/mol. The lowest BCUT2D eigenvalue weighted by Gasteiger charge is -2.54. The Labute approximate surface area is 230 Å². The Morgan fingerprint density at radius 1 is 0.846 bits per heavy atom. The predicted molar refractivity (Wildman–Crippen MR) is 147 cm³/mol. The minimum absolute atomic E-state index is 0.0397. The van der Waals surface area contributed by atoms with E-state index in [4.69, 9.17) is 4.74 Å². The van der Waals surface area contributed by atoms with Gasteiger partial charge in [0, 0.05) is 18.4 Å². The van der Waals surface area contributed by atoms with E-state index in [2.05, 4.69) is 5.32 Å². The first-order valence-corrected chi connectivity index (χ1v) is 12.9. The Hall–Kier alpha value is -3.88. The number of nitrogens with zero attached hydrogens (tertiary/aromatic N) is 1. The first kappa shape index (κ1) is 31.3. The first-order chi connectivity index (χ1) is 18.1. The van der Waals surface area contributed by atoms with E-state index in [1.54, 1.807) is 65.8 Å². The van der Waals surface area contributed by atoms with Crippen LogP contribution in [0.5, 0.6) is 0 Å². The molecule has 9 nitrogen and oxygen atoms in total. The molecule has 2 atom stereocenters.